The fraction of sp³-hybridized carbons (Fsp3) is 0.583. The molecule has 4 nitrogen and oxygen atoms in total. The topological polar surface area (TPSA) is 54.9 Å². The Hall–Kier alpha value is -0.870. The molecule has 0 aliphatic heterocycles. The van der Waals surface area contributed by atoms with Crippen LogP contribution in [0, 0.1) is 11.8 Å². The Labute approximate surface area is 116 Å². The molecular weight excluding hydrogens is 273 g/mol. The van der Waals surface area contributed by atoms with Crippen molar-refractivity contribution in [1.29, 1.82) is 0 Å². The number of nitrogens with one attached hydrogen (secondary N) is 1. The van der Waals surface area contributed by atoms with Crippen LogP contribution in [0.5, 0.6) is 0 Å². The third kappa shape index (κ3) is 3.12. The number of hydrogen-bond donors (Lipinski definition) is 1. The molecule has 0 aromatic carbocycles. The molecule has 1 saturated carbocycles. The summed E-state index contributed by atoms with van der Waals surface area (Å²) in [7, 11) is 0. The van der Waals surface area contributed by atoms with E-state index in [2.05, 4.69) is 22.4 Å². The normalized spacial score (nSPS) is 23.1. The standard InChI is InChI=1S/C12H15Cl2N3O/c1-7-3-2-4-8(7)6-15-12(18)9-5-10(13)16-17-11(9)14/h5,7-8H,2-4,6H2,1H3,(H,15,18). The van der Waals surface area contributed by atoms with Gasteiger partial charge in [-0.05, 0) is 24.3 Å². The van der Waals surface area contributed by atoms with E-state index in [4.69, 9.17) is 23.2 Å². The highest BCUT2D eigenvalue weighted by Gasteiger charge is 2.24. The van der Waals surface area contributed by atoms with E-state index in [1.54, 1.807) is 0 Å². The number of hydrogen-bond acceptors (Lipinski definition) is 3. The Bertz CT molecular complexity index is 453. The maximum Gasteiger partial charge on any atom is 0.254 e. The molecule has 2 rings (SSSR count). The van der Waals surface area contributed by atoms with E-state index in [1.165, 1.54) is 25.3 Å². The second-order valence-corrected chi connectivity index (χ2v) is 5.50. The predicted molar refractivity (Wildman–Crippen MR) is 70.9 cm³/mol. The number of halogens is 2. The zero-order chi connectivity index (χ0) is 13.1. The molecule has 1 N–H and O–H groups in total. The predicted octanol–water partition coefficient (Wildman–Crippen LogP) is 2.95. The Morgan fingerprint density at radius 1 is 1.44 bits per heavy atom. The third-order valence-corrected chi connectivity index (χ3v) is 3.99. The summed E-state index contributed by atoms with van der Waals surface area (Å²) in [5.74, 6) is 0.980. The van der Waals surface area contributed by atoms with Crippen molar-refractivity contribution in [2.45, 2.75) is 26.2 Å². The molecule has 1 heterocycles. The van der Waals surface area contributed by atoms with Crippen molar-refractivity contribution in [2.24, 2.45) is 11.8 Å². The van der Waals surface area contributed by atoms with E-state index in [-0.39, 0.29) is 21.8 Å². The minimum atomic E-state index is -0.240. The minimum Gasteiger partial charge on any atom is -0.352 e. The molecule has 2 atom stereocenters. The van der Waals surface area contributed by atoms with Gasteiger partial charge in [0.2, 0.25) is 0 Å². The Balaban J connectivity index is 1.97. The van der Waals surface area contributed by atoms with E-state index >= 15 is 0 Å². The van der Waals surface area contributed by atoms with Crippen molar-refractivity contribution in [3.05, 3.63) is 21.9 Å². The molecule has 1 aliphatic rings. The zero-order valence-electron chi connectivity index (χ0n) is 10.1. The van der Waals surface area contributed by atoms with Gasteiger partial charge in [-0.2, -0.15) is 0 Å². The summed E-state index contributed by atoms with van der Waals surface area (Å²) < 4.78 is 0. The van der Waals surface area contributed by atoms with E-state index in [1.807, 2.05) is 0 Å². The van der Waals surface area contributed by atoms with Crippen LogP contribution in [0.1, 0.15) is 36.5 Å². The van der Waals surface area contributed by atoms with Gasteiger partial charge >= 0.3 is 0 Å². The molecule has 1 fully saturated rings. The summed E-state index contributed by atoms with van der Waals surface area (Å²) >= 11 is 11.5. The highest BCUT2D eigenvalue weighted by Crippen LogP contribution is 2.30. The van der Waals surface area contributed by atoms with Crippen LogP contribution in [0.3, 0.4) is 0 Å². The van der Waals surface area contributed by atoms with E-state index in [0.29, 0.717) is 18.4 Å². The van der Waals surface area contributed by atoms with Crippen molar-refractivity contribution in [2.75, 3.05) is 6.54 Å². The second kappa shape index (κ2) is 5.85. The summed E-state index contributed by atoms with van der Waals surface area (Å²) in [5, 5.41) is 10.3. The molecule has 98 valence electrons. The average Bonchev–Trinajstić information content (AvgIpc) is 2.75. The average molecular weight is 288 g/mol. The fourth-order valence-corrected chi connectivity index (χ4v) is 2.68. The van der Waals surface area contributed by atoms with Gasteiger partial charge in [-0.25, -0.2) is 0 Å². The highest BCUT2D eigenvalue weighted by molar-refractivity contribution is 6.34. The lowest BCUT2D eigenvalue weighted by Crippen LogP contribution is -2.30. The van der Waals surface area contributed by atoms with Crippen LogP contribution in [-0.2, 0) is 0 Å². The van der Waals surface area contributed by atoms with E-state index in [9.17, 15) is 4.79 Å². The molecule has 2 unspecified atom stereocenters. The second-order valence-electron chi connectivity index (χ2n) is 4.75. The van der Waals surface area contributed by atoms with Crippen molar-refractivity contribution in [3.8, 4) is 0 Å². The molecule has 0 radical (unpaired) electrons. The molecule has 1 aliphatic carbocycles. The van der Waals surface area contributed by atoms with Gasteiger partial charge in [0.25, 0.3) is 5.91 Å². The van der Waals surface area contributed by atoms with Gasteiger partial charge in [0, 0.05) is 6.54 Å². The number of nitrogens with zero attached hydrogens (tertiary/aromatic N) is 2. The molecule has 1 amide bonds. The van der Waals surface area contributed by atoms with Crippen molar-refractivity contribution < 1.29 is 4.79 Å². The monoisotopic (exact) mass is 287 g/mol. The Morgan fingerprint density at radius 3 is 2.89 bits per heavy atom. The van der Waals surface area contributed by atoms with Gasteiger partial charge in [-0.1, -0.05) is 43.0 Å². The maximum atomic E-state index is 12.0. The van der Waals surface area contributed by atoms with Crippen molar-refractivity contribution in [1.82, 2.24) is 15.5 Å². The number of carbonyl (C=O) groups is 1. The van der Waals surface area contributed by atoms with E-state index in [0.717, 1.165) is 0 Å². The first-order valence-electron chi connectivity index (χ1n) is 6.05. The van der Waals surface area contributed by atoms with Crippen LogP contribution < -0.4 is 5.32 Å². The van der Waals surface area contributed by atoms with Crippen LogP contribution in [0.4, 0.5) is 0 Å². The molecule has 6 heteroatoms. The SMILES string of the molecule is CC1CCCC1CNC(=O)c1cc(Cl)nnc1Cl. The lowest BCUT2D eigenvalue weighted by atomic mass is 9.98. The van der Waals surface area contributed by atoms with Crippen LogP contribution in [0.2, 0.25) is 10.3 Å². The van der Waals surface area contributed by atoms with Gasteiger partial charge in [0.05, 0.1) is 5.56 Å². The molecule has 1 aromatic heterocycles. The molecule has 1 aromatic rings. The Morgan fingerprint density at radius 2 is 2.22 bits per heavy atom. The maximum absolute atomic E-state index is 12.0. The number of aromatic nitrogens is 2. The lowest BCUT2D eigenvalue weighted by Gasteiger charge is -2.16. The lowest BCUT2D eigenvalue weighted by molar-refractivity contribution is 0.0944. The van der Waals surface area contributed by atoms with Gasteiger partial charge in [0.15, 0.2) is 10.3 Å². The molecule has 0 bridgehead atoms. The smallest absolute Gasteiger partial charge is 0.254 e. The highest BCUT2D eigenvalue weighted by atomic mass is 35.5. The summed E-state index contributed by atoms with van der Waals surface area (Å²) in [6, 6.07) is 1.43. The minimum absolute atomic E-state index is 0.0800. The molecule has 18 heavy (non-hydrogen) atoms. The van der Waals surface area contributed by atoms with Gasteiger partial charge < -0.3 is 5.32 Å². The Kier molecular flexibility index (Phi) is 4.40. The van der Waals surface area contributed by atoms with Crippen LogP contribution in [0.15, 0.2) is 6.07 Å². The first-order valence-corrected chi connectivity index (χ1v) is 6.80. The van der Waals surface area contributed by atoms with Crippen molar-refractivity contribution in [3.63, 3.8) is 0 Å². The summed E-state index contributed by atoms with van der Waals surface area (Å²) in [4.78, 5) is 12.0. The summed E-state index contributed by atoms with van der Waals surface area (Å²) in [6.07, 6.45) is 3.65. The van der Waals surface area contributed by atoms with Gasteiger partial charge in [-0.15, -0.1) is 10.2 Å². The zero-order valence-corrected chi connectivity index (χ0v) is 11.6. The third-order valence-electron chi connectivity index (χ3n) is 3.53. The van der Waals surface area contributed by atoms with Crippen molar-refractivity contribution >= 4 is 29.1 Å². The van der Waals surface area contributed by atoms with E-state index < -0.39 is 0 Å². The van der Waals surface area contributed by atoms with Crippen LogP contribution >= 0.6 is 23.2 Å². The molecule has 0 spiro atoms. The number of rotatable bonds is 3. The van der Waals surface area contributed by atoms with Crippen LogP contribution in [0.25, 0.3) is 0 Å². The summed E-state index contributed by atoms with van der Waals surface area (Å²) in [6.45, 7) is 2.90. The fourth-order valence-electron chi connectivity index (χ4n) is 2.36. The van der Waals surface area contributed by atoms with Gasteiger partial charge in [-0.3, -0.25) is 4.79 Å². The largest absolute Gasteiger partial charge is 0.352 e. The number of carbonyl (C=O) groups excluding carboxylic acids is 1. The van der Waals surface area contributed by atoms with Crippen LogP contribution in [-0.4, -0.2) is 22.6 Å². The first kappa shape index (κ1) is 13.6. The van der Waals surface area contributed by atoms with Gasteiger partial charge in [0.1, 0.15) is 0 Å². The number of amides is 1. The molecular formula is C12H15Cl2N3O. The summed E-state index contributed by atoms with van der Waals surface area (Å²) in [5.41, 5.74) is 0.280. The first-order chi connectivity index (χ1) is 8.58. The molecule has 0 saturated heterocycles. The quantitative estimate of drug-likeness (QED) is 0.930.